The molecule has 0 amide bonds. The van der Waals surface area contributed by atoms with Gasteiger partial charge in [-0.1, -0.05) is 12.8 Å². The SMILES string of the molecule is COCCCCCC(N)C(=O)O. The molecule has 0 rings (SSSR count). The van der Waals surface area contributed by atoms with Gasteiger partial charge in [0.1, 0.15) is 6.04 Å². The fourth-order valence-corrected chi connectivity index (χ4v) is 0.911. The van der Waals surface area contributed by atoms with Crippen molar-refractivity contribution in [3.63, 3.8) is 0 Å². The van der Waals surface area contributed by atoms with E-state index in [0.29, 0.717) is 6.42 Å². The number of carbonyl (C=O) groups is 1. The summed E-state index contributed by atoms with van der Waals surface area (Å²) in [5.41, 5.74) is 5.30. The van der Waals surface area contributed by atoms with E-state index < -0.39 is 12.0 Å². The summed E-state index contributed by atoms with van der Waals surface area (Å²) in [5, 5.41) is 8.44. The second-order valence-electron chi connectivity index (χ2n) is 2.79. The van der Waals surface area contributed by atoms with Gasteiger partial charge in [0.15, 0.2) is 0 Å². The summed E-state index contributed by atoms with van der Waals surface area (Å²) in [5.74, 6) is -0.915. The van der Waals surface area contributed by atoms with Crippen LogP contribution < -0.4 is 5.73 Å². The monoisotopic (exact) mass is 175 g/mol. The van der Waals surface area contributed by atoms with Gasteiger partial charge in [-0.05, 0) is 12.8 Å². The van der Waals surface area contributed by atoms with Crippen LogP contribution in [0, 0.1) is 0 Å². The van der Waals surface area contributed by atoms with E-state index in [2.05, 4.69) is 0 Å². The number of methoxy groups -OCH3 is 1. The smallest absolute Gasteiger partial charge is 0.320 e. The van der Waals surface area contributed by atoms with E-state index in [4.69, 9.17) is 15.6 Å². The Morgan fingerprint density at radius 3 is 2.67 bits per heavy atom. The predicted octanol–water partition coefficient (Wildman–Crippen LogP) is 0.605. The molecule has 0 aromatic carbocycles. The van der Waals surface area contributed by atoms with E-state index in [1.165, 1.54) is 0 Å². The summed E-state index contributed by atoms with van der Waals surface area (Å²) in [6, 6.07) is -0.701. The van der Waals surface area contributed by atoms with Crippen LogP contribution in [0.3, 0.4) is 0 Å². The Morgan fingerprint density at radius 1 is 1.50 bits per heavy atom. The summed E-state index contributed by atoms with van der Waals surface area (Å²) >= 11 is 0. The first-order valence-electron chi connectivity index (χ1n) is 4.15. The van der Waals surface area contributed by atoms with Crippen LogP contribution in [-0.4, -0.2) is 30.8 Å². The average Bonchev–Trinajstić information content (AvgIpc) is 2.03. The molecule has 72 valence electrons. The van der Waals surface area contributed by atoms with Crippen LogP contribution in [0.2, 0.25) is 0 Å². The molecule has 0 bridgehead atoms. The molecule has 1 atom stereocenters. The van der Waals surface area contributed by atoms with Crippen molar-refractivity contribution < 1.29 is 14.6 Å². The molecular weight excluding hydrogens is 158 g/mol. The maximum absolute atomic E-state index is 10.3. The zero-order valence-electron chi connectivity index (χ0n) is 7.45. The van der Waals surface area contributed by atoms with Crippen molar-refractivity contribution in [3.8, 4) is 0 Å². The molecule has 3 N–H and O–H groups in total. The van der Waals surface area contributed by atoms with Crippen LogP contribution in [0.15, 0.2) is 0 Å². The number of ether oxygens (including phenoxy) is 1. The highest BCUT2D eigenvalue weighted by atomic mass is 16.5. The maximum Gasteiger partial charge on any atom is 0.320 e. The van der Waals surface area contributed by atoms with Crippen molar-refractivity contribution >= 4 is 5.97 Å². The predicted molar refractivity (Wildman–Crippen MR) is 46.0 cm³/mol. The molecule has 0 radical (unpaired) electrons. The Labute approximate surface area is 72.7 Å². The Hall–Kier alpha value is -0.610. The lowest BCUT2D eigenvalue weighted by atomic mass is 10.1. The van der Waals surface area contributed by atoms with Crippen molar-refractivity contribution in [2.75, 3.05) is 13.7 Å². The van der Waals surface area contributed by atoms with Crippen LogP contribution >= 0.6 is 0 Å². The lowest BCUT2D eigenvalue weighted by Gasteiger charge is -2.04. The van der Waals surface area contributed by atoms with E-state index >= 15 is 0 Å². The van der Waals surface area contributed by atoms with Gasteiger partial charge in [-0.15, -0.1) is 0 Å². The first-order chi connectivity index (χ1) is 5.68. The third kappa shape index (κ3) is 6.12. The minimum absolute atomic E-state index is 0.555. The molecule has 0 aliphatic rings. The molecule has 4 heteroatoms. The molecular formula is C8H17NO3. The van der Waals surface area contributed by atoms with Crippen molar-refractivity contribution in [1.82, 2.24) is 0 Å². The molecule has 0 spiro atoms. The van der Waals surface area contributed by atoms with E-state index in [1.807, 2.05) is 0 Å². The van der Waals surface area contributed by atoms with E-state index in [9.17, 15) is 4.79 Å². The summed E-state index contributed by atoms with van der Waals surface area (Å²) < 4.78 is 4.85. The number of rotatable bonds is 7. The Kier molecular flexibility index (Phi) is 6.70. The van der Waals surface area contributed by atoms with Crippen molar-refractivity contribution in [3.05, 3.63) is 0 Å². The number of hydrogen-bond acceptors (Lipinski definition) is 3. The third-order valence-electron chi connectivity index (χ3n) is 1.68. The molecule has 0 aromatic rings. The second-order valence-corrected chi connectivity index (χ2v) is 2.79. The third-order valence-corrected chi connectivity index (χ3v) is 1.68. The largest absolute Gasteiger partial charge is 0.480 e. The van der Waals surface area contributed by atoms with Gasteiger partial charge in [-0.25, -0.2) is 0 Å². The summed E-state index contributed by atoms with van der Waals surface area (Å²) in [7, 11) is 1.66. The van der Waals surface area contributed by atoms with E-state index in [-0.39, 0.29) is 0 Å². The number of carboxylic acid groups (broad SMARTS) is 1. The number of hydrogen-bond donors (Lipinski definition) is 2. The first kappa shape index (κ1) is 11.4. The zero-order chi connectivity index (χ0) is 9.40. The lowest BCUT2D eigenvalue weighted by molar-refractivity contribution is -0.138. The van der Waals surface area contributed by atoms with Crippen LogP contribution in [0.5, 0.6) is 0 Å². The highest BCUT2D eigenvalue weighted by Gasteiger charge is 2.09. The average molecular weight is 175 g/mol. The summed E-state index contributed by atoms with van der Waals surface area (Å²) in [6.07, 6.45) is 3.37. The standard InChI is InChI=1S/C8H17NO3/c1-12-6-4-2-3-5-7(9)8(10)11/h7H,2-6,9H2,1H3,(H,10,11). The van der Waals surface area contributed by atoms with E-state index in [0.717, 1.165) is 25.9 Å². The highest BCUT2D eigenvalue weighted by Crippen LogP contribution is 2.02. The fraction of sp³-hybridized carbons (Fsp3) is 0.875. The Bertz CT molecular complexity index is 127. The van der Waals surface area contributed by atoms with Gasteiger partial charge >= 0.3 is 5.97 Å². The second kappa shape index (κ2) is 7.06. The van der Waals surface area contributed by atoms with Gasteiger partial charge in [-0.2, -0.15) is 0 Å². The normalized spacial score (nSPS) is 12.8. The fourth-order valence-electron chi connectivity index (χ4n) is 0.911. The van der Waals surface area contributed by atoms with Gasteiger partial charge in [0.2, 0.25) is 0 Å². The molecule has 0 heterocycles. The Balaban J connectivity index is 3.14. The molecule has 4 nitrogen and oxygen atoms in total. The minimum Gasteiger partial charge on any atom is -0.480 e. The van der Waals surface area contributed by atoms with Gasteiger partial charge < -0.3 is 15.6 Å². The minimum atomic E-state index is -0.915. The Morgan fingerprint density at radius 2 is 2.17 bits per heavy atom. The van der Waals surface area contributed by atoms with Crippen LogP contribution in [0.1, 0.15) is 25.7 Å². The molecule has 0 aliphatic carbocycles. The van der Waals surface area contributed by atoms with Gasteiger partial charge in [0, 0.05) is 13.7 Å². The van der Waals surface area contributed by atoms with Crippen LogP contribution in [-0.2, 0) is 9.53 Å². The number of aliphatic carboxylic acids is 1. The van der Waals surface area contributed by atoms with Gasteiger partial charge in [-0.3, -0.25) is 4.79 Å². The van der Waals surface area contributed by atoms with Crippen molar-refractivity contribution in [2.24, 2.45) is 5.73 Å². The molecule has 0 fully saturated rings. The van der Waals surface area contributed by atoms with Crippen LogP contribution in [0.25, 0.3) is 0 Å². The molecule has 0 aliphatic heterocycles. The van der Waals surface area contributed by atoms with Gasteiger partial charge in [0.25, 0.3) is 0 Å². The molecule has 0 saturated heterocycles. The maximum atomic E-state index is 10.3. The molecule has 0 aromatic heterocycles. The molecule has 0 saturated carbocycles. The van der Waals surface area contributed by atoms with Crippen molar-refractivity contribution in [2.45, 2.75) is 31.7 Å². The van der Waals surface area contributed by atoms with Gasteiger partial charge in [0.05, 0.1) is 0 Å². The highest BCUT2D eigenvalue weighted by molar-refractivity contribution is 5.72. The number of nitrogens with two attached hydrogens (primary N) is 1. The number of carboxylic acids is 1. The topological polar surface area (TPSA) is 72.5 Å². The first-order valence-corrected chi connectivity index (χ1v) is 4.15. The lowest BCUT2D eigenvalue weighted by Crippen LogP contribution is -2.29. The van der Waals surface area contributed by atoms with Crippen LogP contribution in [0.4, 0.5) is 0 Å². The molecule has 1 unspecified atom stereocenters. The number of unbranched alkanes of at least 4 members (excludes halogenated alkanes) is 2. The van der Waals surface area contributed by atoms with Crippen molar-refractivity contribution in [1.29, 1.82) is 0 Å². The summed E-state index contributed by atoms with van der Waals surface area (Å²) in [6.45, 7) is 0.738. The molecule has 12 heavy (non-hydrogen) atoms. The zero-order valence-corrected chi connectivity index (χ0v) is 7.45. The summed E-state index contributed by atoms with van der Waals surface area (Å²) in [4.78, 5) is 10.3. The van der Waals surface area contributed by atoms with E-state index in [1.54, 1.807) is 7.11 Å². The quantitative estimate of drug-likeness (QED) is 0.556.